The number of hydrogen-bond acceptors (Lipinski definition) is 5. The third kappa shape index (κ3) is 3.01. The second kappa shape index (κ2) is 5.90. The van der Waals surface area contributed by atoms with E-state index in [9.17, 15) is 9.59 Å². The van der Waals surface area contributed by atoms with Gasteiger partial charge in [-0.05, 0) is 25.0 Å². The number of carbonyl (C=O) groups is 1. The van der Waals surface area contributed by atoms with Crippen LogP contribution in [0.4, 0.5) is 0 Å². The van der Waals surface area contributed by atoms with Crippen LogP contribution >= 0.6 is 0 Å². The van der Waals surface area contributed by atoms with Crippen molar-refractivity contribution in [3.8, 4) is 11.4 Å². The summed E-state index contributed by atoms with van der Waals surface area (Å²) in [7, 11) is 0. The molecular weight excluding hydrogens is 272 g/mol. The lowest BCUT2D eigenvalue weighted by Gasteiger charge is -2.12. The zero-order chi connectivity index (χ0) is 14.7. The maximum Gasteiger partial charge on any atom is 0.442 e. The van der Waals surface area contributed by atoms with Gasteiger partial charge in [-0.15, -0.1) is 0 Å². The minimum atomic E-state index is -0.643. The molecule has 7 heteroatoms. The van der Waals surface area contributed by atoms with Gasteiger partial charge in [0.25, 0.3) is 0 Å². The van der Waals surface area contributed by atoms with Crippen molar-refractivity contribution >= 4 is 5.91 Å². The van der Waals surface area contributed by atoms with Gasteiger partial charge < -0.3 is 5.32 Å². The van der Waals surface area contributed by atoms with Gasteiger partial charge in [0, 0.05) is 24.0 Å². The van der Waals surface area contributed by atoms with E-state index in [4.69, 9.17) is 0 Å². The molecule has 1 aliphatic carbocycles. The Balaban J connectivity index is 1.77. The van der Waals surface area contributed by atoms with Gasteiger partial charge in [-0.2, -0.15) is 0 Å². The average Bonchev–Trinajstić information content (AvgIpc) is 3.11. The Labute approximate surface area is 121 Å². The smallest absolute Gasteiger partial charge is 0.352 e. The van der Waals surface area contributed by atoms with Crippen LogP contribution in [0, 0.1) is 0 Å². The van der Waals surface area contributed by atoms with E-state index in [0.717, 1.165) is 25.7 Å². The van der Waals surface area contributed by atoms with Crippen molar-refractivity contribution in [2.24, 2.45) is 0 Å². The number of pyridine rings is 1. The first-order valence-corrected chi connectivity index (χ1v) is 7.00. The molecule has 7 nitrogen and oxygen atoms in total. The Morgan fingerprint density at radius 2 is 2.24 bits per heavy atom. The molecule has 2 aromatic heterocycles. The Hall–Kier alpha value is -2.44. The summed E-state index contributed by atoms with van der Waals surface area (Å²) in [5, 5.41) is 6.67. The lowest BCUT2D eigenvalue weighted by Crippen LogP contribution is -2.37. The molecule has 0 atom stereocenters. The van der Waals surface area contributed by atoms with E-state index in [2.05, 4.69) is 20.0 Å². The second-order valence-corrected chi connectivity index (χ2v) is 5.15. The molecule has 1 N–H and O–H groups in total. The number of nitrogens with zero attached hydrogens (tertiary/aromatic N) is 3. The van der Waals surface area contributed by atoms with Gasteiger partial charge in [-0.1, -0.05) is 18.0 Å². The van der Waals surface area contributed by atoms with Gasteiger partial charge in [0.1, 0.15) is 6.54 Å². The number of amides is 1. The highest BCUT2D eigenvalue weighted by Gasteiger charge is 2.20. The van der Waals surface area contributed by atoms with Crippen LogP contribution in [-0.4, -0.2) is 26.7 Å². The second-order valence-electron chi connectivity index (χ2n) is 5.15. The molecule has 0 saturated heterocycles. The van der Waals surface area contributed by atoms with Crippen molar-refractivity contribution < 1.29 is 9.32 Å². The van der Waals surface area contributed by atoms with Gasteiger partial charge in [-0.3, -0.25) is 14.3 Å². The molecule has 21 heavy (non-hydrogen) atoms. The molecule has 0 spiro atoms. The first-order valence-electron chi connectivity index (χ1n) is 7.00. The maximum absolute atomic E-state index is 12.0. The van der Waals surface area contributed by atoms with E-state index in [0.29, 0.717) is 11.4 Å². The van der Waals surface area contributed by atoms with Crippen molar-refractivity contribution in [3.05, 3.63) is 35.1 Å². The Morgan fingerprint density at radius 1 is 1.43 bits per heavy atom. The average molecular weight is 288 g/mol. The van der Waals surface area contributed by atoms with Crippen LogP contribution in [-0.2, 0) is 11.3 Å². The lowest BCUT2D eigenvalue weighted by atomic mass is 10.2. The first kappa shape index (κ1) is 13.5. The third-order valence-corrected chi connectivity index (χ3v) is 3.63. The van der Waals surface area contributed by atoms with Gasteiger partial charge in [0.05, 0.1) is 0 Å². The minimum Gasteiger partial charge on any atom is -0.352 e. The molecule has 1 amide bonds. The van der Waals surface area contributed by atoms with Crippen molar-refractivity contribution in [1.82, 2.24) is 20.0 Å². The SMILES string of the molecule is O=C(Cn1c(-c2cccnc2)noc1=O)NC1CCCC1. The normalized spacial score (nSPS) is 15.2. The molecule has 2 aromatic rings. The lowest BCUT2D eigenvalue weighted by molar-refractivity contribution is -0.122. The summed E-state index contributed by atoms with van der Waals surface area (Å²) in [5.74, 6) is -0.526. The molecule has 0 aromatic carbocycles. The molecule has 110 valence electrons. The van der Waals surface area contributed by atoms with E-state index in [-0.39, 0.29) is 18.5 Å². The van der Waals surface area contributed by atoms with E-state index >= 15 is 0 Å². The van der Waals surface area contributed by atoms with Crippen molar-refractivity contribution in [3.63, 3.8) is 0 Å². The van der Waals surface area contributed by atoms with Crippen molar-refractivity contribution in [2.45, 2.75) is 38.3 Å². The summed E-state index contributed by atoms with van der Waals surface area (Å²) in [5.41, 5.74) is 0.636. The van der Waals surface area contributed by atoms with Crippen LogP contribution in [0.25, 0.3) is 11.4 Å². The Morgan fingerprint density at radius 3 is 2.95 bits per heavy atom. The monoisotopic (exact) mass is 288 g/mol. The molecule has 0 unspecified atom stereocenters. The van der Waals surface area contributed by atoms with E-state index in [1.807, 2.05) is 0 Å². The largest absolute Gasteiger partial charge is 0.442 e. The molecule has 1 saturated carbocycles. The molecular formula is C14H16N4O3. The standard InChI is InChI=1S/C14H16N4O3/c19-12(16-11-5-1-2-6-11)9-18-13(17-21-14(18)20)10-4-3-7-15-8-10/h3-4,7-8,11H,1-2,5-6,9H2,(H,16,19). The van der Waals surface area contributed by atoms with Crippen LogP contribution in [0.2, 0.25) is 0 Å². The number of carbonyl (C=O) groups excluding carboxylic acids is 1. The van der Waals surface area contributed by atoms with E-state index in [1.54, 1.807) is 24.5 Å². The summed E-state index contributed by atoms with van der Waals surface area (Å²) in [6.07, 6.45) is 7.47. The Kier molecular flexibility index (Phi) is 3.81. The van der Waals surface area contributed by atoms with Gasteiger partial charge >= 0.3 is 5.76 Å². The number of hydrogen-bond donors (Lipinski definition) is 1. The van der Waals surface area contributed by atoms with E-state index in [1.165, 1.54) is 4.57 Å². The van der Waals surface area contributed by atoms with Crippen LogP contribution in [0.1, 0.15) is 25.7 Å². The molecule has 0 radical (unpaired) electrons. The molecule has 2 heterocycles. The Bertz CT molecular complexity index is 671. The highest BCUT2D eigenvalue weighted by Crippen LogP contribution is 2.18. The van der Waals surface area contributed by atoms with Crippen molar-refractivity contribution in [2.75, 3.05) is 0 Å². The highest BCUT2D eigenvalue weighted by molar-refractivity contribution is 5.76. The minimum absolute atomic E-state index is 0.0942. The molecule has 1 fully saturated rings. The molecule has 0 aliphatic heterocycles. The van der Waals surface area contributed by atoms with Crippen LogP contribution in [0.5, 0.6) is 0 Å². The quantitative estimate of drug-likeness (QED) is 0.905. The molecule has 3 rings (SSSR count). The molecule has 0 bridgehead atoms. The summed E-state index contributed by atoms with van der Waals surface area (Å²) >= 11 is 0. The van der Waals surface area contributed by atoms with Crippen LogP contribution in [0.3, 0.4) is 0 Å². The fourth-order valence-corrected chi connectivity index (χ4v) is 2.60. The fraction of sp³-hybridized carbons (Fsp3) is 0.429. The number of rotatable bonds is 4. The van der Waals surface area contributed by atoms with Gasteiger partial charge in [0.15, 0.2) is 5.82 Å². The topological polar surface area (TPSA) is 90.0 Å². The van der Waals surface area contributed by atoms with Gasteiger partial charge in [0.2, 0.25) is 5.91 Å². The summed E-state index contributed by atoms with van der Waals surface area (Å²) < 4.78 is 5.89. The first-order chi connectivity index (χ1) is 10.2. The van der Waals surface area contributed by atoms with Crippen molar-refractivity contribution in [1.29, 1.82) is 0 Å². The number of nitrogens with one attached hydrogen (secondary N) is 1. The zero-order valence-electron chi connectivity index (χ0n) is 11.5. The van der Waals surface area contributed by atoms with E-state index < -0.39 is 5.76 Å². The zero-order valence-corrected chi connectivity index (χ0v) is 11.5. The summed E-state index contributed by atoms with van der Waals surface area (Å²) in [4.78, 5) is 27.7. The van der Waals surface area contributed by atoms with Gasteiger partial charge in [-0.25, -0.2) is 9.36 Å². The highest BCUT2D eigenvalue weighted by atomic mass is 16.5. The predicted molar refractivity (Wildman–Crippen MR) is 74.4 cm³/mol. The van der Waals surface area contributed by atoms with Crippen LogP contribution in [0.15, 0.2) is 33.8 Å². The fourth-order valence-electron chi connectivity index (χ4n) is 2.60. The maximum atomic E-state index is 12.0. The van der Waals surface area contributed by atoms with Crippen LogP contribution < -0.4 is 11.1 Å². The summed E-state index contributed by atoms with van der Waals surface area (Å²) in [6.45, 7) is -0.0942. The third-order valence-electron chi connectivity index (χ3n) is 3.63. The summed E-state index contributed by atoms with van der Waals surface area (Å²) in [6, 6.07) is 3.71. The molecule has 1 aliphatic rings. The predicted octanol–water partition coefficient (Wildman–Crippen LogP) is 0.957. The number of aromatic nitrogens is 3.